The van der Waals surface area contributed by atoms with Gasteiger partial charge in [-0.1, -0.05) is 232 Å². The topological polar surface area (TPSA) is 199 Å². The maximum absolute atomic E-state index is 14.2. The molecule has 27 heteroatoms. The van der Waals surface area contributed by atoms with E-state index < -0.39 is 32.2 Å². The number of nitrogens with zero attached hydrogens (tertiary/aromatic N) is 7. The molecule has 12 saturated heterocycles. The number of carbonyl (C=O) groups is 8. The summed E-state index contributed by atoms with van der Waals surface area (Å²) in [5.41, 5.74) is 4.98. The summed E-state index contributed by atoms with van der Waals surface area (Å²) in [6.45, 7) is 10.9. The van der Waals surface area contributed by atoms with Crippen molar-refractivity contribution in [3.63, 3.8) is 0 Å². The van der Waals surface area contributed by atoms with Crippen LogP contribution in [0, 0.1) is 0 Å². The normalized spacial score (nSPS) is 23.6. The SMILES string of the molecule is C=CCN1C(=O)C2SSC1C(=O)N2CC=C.COCCCN1C(=O)C2SSC1C(=O)N2CCCOC.COc1ccc(CN2C(=O)C3NC(=O)C2SS3)cc1.O=C1C2SSC(C(=O)N2C(c2ccccc2)c2ccccc2)N1C(c1ccccc1)c1ccccc1. The van der Waals surface area contributed by atoms with E-state index in [1.807, 2.05) is 155 Å². The summed E-state index contributed by atoms with van der Waals surface area (Å²) < 4.78 is 15.1. The Balaban J connectivity index is 0.000000142. The molecule has 1 N–H and O–H groups in total. The van der Waals surface area contributed by atoms with Crippen molar-refractivity contribution in [2.24, 2.45) is 0 Å². The fourth-order valence-corrected chi connectivity index (χ4v) is 22.7. The maximum atomic E-state index is 14.2. The molecule has 5 aromatic rings. The second-order valence-electron chi connectivity index (χ2n) is 21.2. The zero-order valence-electron chi connectivity index (χ0n) is 49.9. The van der Waals surface area contributed by atoms with E-state index in [1.54, 1.807) is 58.0 Å². The molecule has 12 aliphatic rings. The van der Waals surface area contributed by atoms with Gasteiger partial charge in [0.2, 0.25) is 0 Å². The van der Waals surface area contributed by atoms with Gasteiger partial charge in [-0.3, -0.25) is 38.4 Å². The Kier molecular flexibility index (Phi) is 23.9. The number of piperazine rings is 4. The lowest BCUT2D eigenvalue weighted by molar-refractivity contribution is -0.157. The Morgan fingerprint density at radius 3 is 1.12 bits per heavy atom. The summed E-state index contributed by atoms with van der Waals surface area (Å²) in [5, 5.41) is -0.974. The predicted octanol–water partition coefficient (Wildman–Crippen LogP) is 9.34. The highest BCUT2D eigenvalue weighted by Crippen LogP contribution is 2.54. The molecule has 17 rings (SSSR count). The highest BCUT2D eigenvalue weighted by Gasteiger charge is 2.57. The number of nitrogens with one attached hydrogen (secondary N) is 1. The average molecular weight is 1380 g/mol. The van der Waals surface area contributed by atoms with Crippen LogP contribution in [-0.4, -0.2) is 185 Å². The smallest absolute Gasteiger partial charge is 0.258 e. The zero-order valence-corrected chi connectivity index (χ0v) is 56.5. The van der Waals surface area contributed by atoms with Crippen molar-refractivity contribution < 1.29 is 52.6 Å². The molecule has 12 aliphatic heterocycles. The molecule has 8 bridgehead atoms. The summed E-state index contributed by atoms with van der Waals surface area (Å²) in [4.78, 5) is 113. The van der Waals surface area contributed by atoms with E-state index in [9.17, 15) is 38.4 Å². The number of rotatable bonds is 21. The maximum Gasteiger partial charge on any atom is 0.258 e. The Morgan fingerprint density at radius 1 is 0.418 bits per heavy atom. The van der Waals surface area contributed by atoms with Crippen LogP contribution in [-0.2, 0) is 54.4 Å². The summed E-state index contributed by atoms with van der Waals surface area (Å²) in [6.07, 6.45) is 4.81. The molecular formula is C64H68N8O11S8. The van der Waals surface area contributed by atoms with Crippen molar-refractivity contribution >= 4 is 134 Å². The van der Waals surface area contributed by atoms with Crippen molar-refractivity contribution in [1.82, 2.24) is 39.6 Å². The minimum atomic E-state index is -0.618. The standard InChI is InChI=1S/C30H24N2O2S2.C12H20N2O4S2.C12H12N2O3S2.C10H12N2O2S2/c33-27-30-32(26(23-17-9-3-10-18-23)24-19-11-4-12-20-24)28(34)29(35-36-30)31(27)25(21-13-5-1-6-14-21)22-15-7-2-8-16-22;1-17-7-3-5-13-9(15)12-14(6-4-8-18-2)10(16)11(13)19-20-12;1-17-8-4-2-7(3-5-8)6-14-11(16)10-13-9(15)12(14)19-18-10;1-3-5-11-7(13)10-12(6-4-2)8(14)9(11)15-16-10/h1-20,25-26,29-30H;11-12H,3-8H2,1-2H3;2-5,10,12H,6H2,1H3,(H,13,15);3-4,9-10H,1-2,5-6H2. The Bertz CT molecular complexity index is 3160. The molecule has 0 spiro atoms. The number of benzene rings is 5. The van der Waals surface area contributed by atoms with Crippen LogP contribution in [0.4, 0.5) is 0 Å². The van der Waals surface area contributed by atoms with Crippen LogP contribution in [0.1, 0.15) is 52.7 Å². The van der Waals surface area contributed by atoms with Crippen molar-refractivity contribution in [1.29, 1.82) is 0 Å². The van der Waals surface area contributed by atoms with E-state index >= 15 is 0 Å². The van der Waals surface area contributed by atoms with Gasteiger partial charge in [0.1, 0.15) is 5.75 Å². The van der Waals surface area contributed by atoms with E-state index in [0.29, 0.717) is 45.9 Å². The fourth-order valence-electron chi connectivity index (χ4n) is 11.1. The van der Waals surface area contributed by atoms with Crippen LogP contribution in [0.5, 0.6) is 5.75 Å². The van der Waals surface area contributed by atoms with Crippen LogP contribution in [0.2, 0.25) is 0 Å². The number of fused-ring (bicyclic) bond motifs is 12. The first-order valence-corrected chi connectivity index (χ1v) is 38.2. The van der Waals surface area contributed by atoms with E-state index in [2.05, 4.69) is 18.5 Å². The van der Waals surface area contributed by atoms with Crippen molar-refractivity contribution in [3.8, 4) is 5.75 Å². The van der Waals surface area contributed by atoms with Gasteiger partial charge in [0.15, 0.2) is 43.0 Å². The number of amides is 8. The molecule has 8 unspecified atom stereocenters. The predicted molar refractivity (Wildman–Crippen MR) is 366 cm³/mol. The second kappa shape index (κ2) is 32.1. The number of hydrogen-bond acceptors (Lipinski definition) is 19. The van der Waals surface area contributed by atoms with Crippen LogP contribution < -0.4 is 10.1 Å². The third-order valence-corrected chi connectivity index (χ3v) is 26.6. The minimum Gasteiger partial charge on any atom is -0.497 e. The Labute approximate surface area is 561 Å². The quantitative estimate of drug-likeness (QED) is 0.0414. The third-order valence-electron chi connectivity index (χ3n) is 15.5. The largest absolute Gasteiger partial charge is 0.497 e. The Morgan fingerprint density at radius 2 is 0.769 bits per heavy atom. The molecule has 0 aliphatic carbocycles. The molecule has 5 aromatic carbocycles. The van der Waals surface area contributed by atoms with Gasteiger partial charge in [0, 0.05) is 60.2 Å². The summed E-state index contributed by atoms with van der Waals surface area (Å²) >= 11 is 0. The van der Waals surface area contributed by atoms with Gasteiger partial charge in [-0.15, -0.1) is 13.2 Å². The third kappa shape index (κ3) is 15.0. The van der Waals surface area contributed by atoms with Gasteiger partial charge in [-0.25, -0.2) is 0 Å². The molecule has 12 heterocycles. The first-order chi connectivity index (χ1) is 44.3. The fraction of sp³-hybridized carbons (Fsp3) is 0.344. The van der Waals surface area contributed by atoms with Gasteiger partial charge < -0.3 is 53.8 Å². The number of methoxy groups -OCH3 is 3. The molecule has 19 nitrogen and oxygen atoms in total. The van der Waals surface area contributed by atoms with E-state index in [1.165, 1.54) is 86.4 Å². The lowest BCUT2D eigenvalue weighted by atomic mass is 9.94. The summed E-state index contributed by atoms with van der Waals surface area (Å²) in [5.74, 6) is 0.698. The molecule has 478 valence electrons. The monoisotopic (exact) mass is 1380 g/mol. The first kappa shape index (κ1) is 67.7. The van der Waals surface area contributed by atoms with Gasteiger partial charge in [0.05, 0.1) is 19.2 Å². The van der Waals surface area contributed by atoms with Gasteiger partial charge >= 0.3 is 0 Å². The summed E-state index contributed by atoms with van der Waals surface area (Å²) in [7, 11) is 16.6. The minimum absolute atomic E-state index is 0.00454. The zero-order chi connectivity index (χ0) is 64.1. The summed E-state index contributed by atoms with van der Waals surface area (Å²) in [6, 6.07) is 46.8. The highest BCUT2D eigenvalue weighted by molar-refractivity contribution is 8.78. The highest BCUT2D eigenvalue weighted by atomic mass is 33.1. The molecule has 0 saturated carbocycles. The molecule has 8 atom stereocenters. The number of ether oxygens (including phenoxy) is 3. The van der Waals surface area contributed by atoms with Crippen LogP contribution in [0.25, 0.3) is 0 Å². The van der Waals surface area contributed by atoms with Gasteiger partial charge in [-0.2, -0.15) is 0 Å². The number of carbonyl (C=O) groups excluding carboxylic acids is 8. The van der Waals surface area contributed by atoms with Gasteiger partial charge in [0.25, 0.3) is 47.3 Å². The molecule has 0 radical (unpaired) electrons. The molecular weight excluding hydrogens is 1310 g/mol. The molecule has 91 heavy (non-hydrogen) atoms. The molecule has 12 fully saturated rings. The molecule has 0 aromatic heterocycles. The lowest BCUT2D eigenvalue weighted by Gasteiger charge is -2.53. The van der Waals surface area contributed by atoms with Crippen LogP contribution in [0.3, 0.4) is 0 Å². The van der Waals surface area contributed by atoms with E-state index in [-0.39, 0.29) is 70.1 Å². The lowest BCUT2D eigenvalue weighted by Crippen LogP contribution is -2.66. The van der Waals surface area contributed by atoms with Crippen molar-refractivity contribution in [2.45, 2.75) is 74.5 Å². The first-order valence-electron chi connectivity index (χ1n) is 29.1. The molecule has 8 amide bonds. The average Bonchev–Trinajstić information content (AvgIpc) is 0.748. The number of hydrogen-bond donors (Lipinski definition) is 1. The van der Waals surface area contributed by atoms with E-state index in [4.69, 9.17) is 14.2 Å². The second-order valence-corrected chi connectivity index (χ2v) is 30.9. The van der Waals surface area contributed by atoms with Crippen molar-refractivity contribution in [3.05, 3.63) is 199 Å². The van der Waals surface area contributed by atoms with Gasteiger partial charge in [-0.05, 0) is 52.8 Å². The van der Waals surface area contributed by atoms with E-state index in [0.717, 1.165) is 46.4 Å². The van der Waals surface area contributed by atoms with Crippen LogP contribution >= 0.6 is 86.4 Å². The van der Waals surface area contributed by atoms with Crippen LogP contribution in [0.15, 0.2) is 171 Å². The Hall–Kier alpha value is -6.14. The van der Waals surface area contributed by atoms with Crippen molar-refractivity contribution in [2.75, 3.05) is 60.7 Å².